The van der Waals surface area contributed by atoms with Crippen molar-refractivity contribution in [1.29, 1.82) is 0 Å². The molecular weight excluding hydrogens is 374 g/mol. The van der Waals surface area contributed by atoms with Crippen LogP contribution in [0.1, 0.15) is 62.8 Å². The van der Waals surface area contributed by atoms with Gasteiger partial charge in [0.2, 0.25) is 10.0 Å². The van der Waals surface area contributed by atoms with Crippen LogP contribution < -0.4 is 15.4 Å². The zero-order valence-corrected chi connectivity index (χ0v) is 18.3. The summed E-state index contributed by atoms with van der Waals surface area (Å²) >= 11 is 0. The van der Waals surface area contributed by atoms with Crippen LogP contribution in [0.5, 0.6) is 0 Å². The Morgan fingerprint density at radius 2 is 1.64 bits per heavy atom. The Hall–Kier alpha value is -1.60. The number of nitrogens with one attached hydrogen (secondary N) is 3. The molecule has 0 saturated carbocycles. The molecule has 1 aromatic rings. The molecule has 0 spiro atoms. The fourth-order valence-corrected chi connectivity index (χ4v) is 5.87. The predicted molar refractivity (Wildman–Crippen MR) is 113 cm³/mol. The van der Waals surface area contributed by atoms with Crippen LogP contribution in [-0.2, 0) is 35.7 Å². The SMILES string of the molecule is CC(C)NCC(C)(C)CS(=O)(=O)NC(=O)Nc1c2c(cc3c1CCC3)CCC2. The number of aryl methyl sites for hydroxylation is 2. The van der Waals surface area contributed by atoms with E-state index >= 15 is 0 Å². The summed E-state index contributed by atoms with van der Waals surface area (Å²) in [7, 11) is -3.74. The van der Waals surface area contributed by atoms with Gasteiger partial charge in [0, 0.05) is 18.3 Å². The minimum atomic E-state index is -3.74. The molecule has 0 unspecified atom stereocenters. The van der Waals surface area contributed by atoms with E-state index in [0.717, 1.165) is 44.2 Å². The van der Waals surface area contributed by atoms with Gasteiger partial charge in [0.25, 0.3) is 0 Å². The van der Waals surface area contributed by atoms with Crippen LogP contribution in [0.2, 0.25) is 0 Å². The number of amides is 2. The average molecular weight is 408 g/mol. The quantitative estimate of drug-likeness (QED) is 0.648. The summed E-state index contributed by atoms with van der Waals surface area (Å²) in [6, 6.07) is 1.91. The molecule has 0 radical (unpaired) electrons. The molecule has 6 nitrogen and oxygen atoms in total. The van der Waals surface area contributed by atoms with E-state index in [1.165, 1.54) is 22.3 Å². The maximum atomic E-state index is 12.6. The van der Waals surface area contributed by atoms with Crippen LogP contribution in [0, 0.1) is 5.41 Å². The van der Waals surface area contributed by atoms with Crippen molar-refractivity contribution in [3.63, 3.8) is 0 Å². The van der Waals surface area contributed by atoms with Gasteiger partial charge in [0.05, 0.1) is 5.75 Å². The average Bonchev–Trinajstić information content (AvgIpc) is 3.19. The lowest BCUT2D eigenvalue weighted by Gasteiger charge is -2.26. The maximum absolute atomic E-state index is 12.6. The molecule has 0 fully saturated rings. The molecule has 7 heteroatoms. The number of benzene rings is 1. The van der Waals surface area contributed by atoms with Gasteiger partial charge in [0.1, 0.15) is 0 Å². The first kappa shape index (κ1) is 21.1. The van der Waals surface area contributed by atoms with Crippen molar-refractivity contribution in [2.24, 2.45) is 5.41 Å². The van der Waals surface area contributed by atoms with E-state index in [1.54, 1.807) is 0 Å². The Bertz CT molecular complexity index is 828. The molecular formula is C21H33N3O3S. The van der Waals surface area contributed by atoms with Gasteiger partial charge in [-0.1, -0.05) is 33.8 Å². The molecule has 0 saturated heterocycles. The van der Waals surface area contributed by atoms with Crippen molar-refractivity contribution in [3.8, 4) is 0 Å². The third-order valence-corrected chi connectivity index (χ3v) is 7.19. The Morgan fingerprint density at radius 1 is 1.07 bits per heavy atom. The smallest absolute Gasteiger partial charge is 0.314 e. The van der Waals surface area contributed by atoms with Gasteiger partial charge in [-0.3, -0.25) is 0 Å². The number of rotatable bonds is 7. The molecule has 0 atom stereocenters. The molecule has 2 amide bonds. The Labute approximate surface area is 168 Å². The fraction of sp³-hybridized carbons (Fsp3) is 0.667. The van der Waals surface area contributed by atoms with E-state index in [0.29, 0.717) is 6.54 Å². The second-order valence-electron chi connectivity index (χ2n) is 9.25. The molecule has 0 bridgehead atoms. The Kier molecular flexibility index (Phi) is 6.05. The van der Waals surface area contributed by atoms with Crippen LogP contribution in [0.3, 0.4) is 0 Å². The largest absolute Gasteiger partial charge is 0.332 e. The van der Waals surface area contributed by atoms with E-state index in [2.05, 4.69) is 21.4 Å². The summed E-state index contributed by atoms with van der Waals surface area (Å²) < 4.78 is 27.3. The van der Waals surface area contributed by atoms with Gasteiger partial charge in [-0.15, -0.1) is 0 Å². The highest BCUT2D eigenvalue weighted by Gasteiger charge is 2.29. The number of hydrogen-bond acceptors (Lipinski definition) is 4. The third-order valence-electron chi connectivity index (χ3n) is 5.53. The standard InChI is InChI=1S/C21H33N3O3S/c1-14(2)22-12-21(3,4)13-28(26,27)24-20(25)23-19-17-9-5-7-15(17)11-16-8-6-10-18(16)19/h11,14,22H,5-10,12-13H2,1-4H3,(H2,23,24,25). The van der Waals surface area contributed by atoms with Gasteiger partial charge in [-0.25, -0.2) is 17.9 Å². The van der Waals surface area contributed by atoms with Crippen molar-refractivity contribution in [2.45, 2.75) is 72.3 Å². The summed E-state index contributed by atoms with van der Waals surface area (Å²) in [4.78, 5) is 12.6. The minimum Gasteiger partial charge on any atom is -0.314 e. The topological polar surface area (TPSA) is 87.3 Å². The molecule has 3 N–H and O–H groups in total. The van der Waals surface area contributed by atoms with Gasteiger partial charge in [0.15, 0.2) is 0 Å². The van der Waals surface area contributed by atoms with Gasteiger partial charge >= 0.3 is 6.03 Å². The number of carbonyl (C=O) groups excluding carboxylic acids is 1. The number of urea groups is 1. The predicted octanol–water partition coefficient (Wildman–Crippen LogP) is 3.14. The van der Waals surface area contributed by atoms with Crippen molar-refractivity contribution in [1.82, 2.24) is 10.0 Å². The van der Waals surface area contributed by atoms with Gasteiger partial charge in [-0.05, 0) is 66.2 Å². The molecule has 0 heterocycles. The van der Waals surface area contributed by atoms with Gasteiger partial charge < -0.3 is 10.6 Å². The van der Waals surface area contributed by atoms with E-state index in [4.69, 9.17) is 0 Å². The van der Waals surface area contributed by atoms with Crippen LogP contribution in [0.4, 0.5) is 10.5 Å². The molecule has 2 aliphatic rings. The van der Waals surface area contributed by atoms with Gasteiger partial charge in [-0.2, -0.15) is 0 Å². The summed E-state index contributed by atoms with van der Waals surface area (Å²) in [5.41, 5.74) is 5.37. The van der Waals surface area contributed by atoms with E-state index in [9.17, 15) is 13.2 Å². The fourth-order valence-electron chi connectivity index (χ4n) is 4.33. The molecule has 2 aliphatic carbocycles. The number of sulfonamides is 1. The number of anilines is 1. The molecule has 156 valence electrons. The first-order valence-electron chi connectivity index (χ1n) is 10.3. The van der Waals surface area contributed by atoms with Crippen LogP contribution in [0.15, 0.2) is 6.07 Å². The van der Waals surface area contributed by atoms with E-state index in [-0.39, 0.29) is 11.8 Å². The van der Waals surface area contributed by atoms with Crippen molar-refractivity contribution < 1.29 is 13.2 Å². The van der Waals surface area contributed by atoms with Crippen LogP contribution in [0.25, 0.3) is 0 Å². The monoisotopic (exact) mass is 407 g/mol. The summed E-state index contributed by atoms with van der Waals surface area (Å²) in [6.45, 7) is 8.37. The first-order valence-corrected chi connectivity index (χ1v) is 11.9. The van der Waals surface area contributed by atoms with E-state index in [1.807, 2.05) is 27.7 Å². The van der Waals surface area contributed by atoms with Crippen molar-refractivity contribution in [2.75, 3.05) is 17.6 Å². The summed E-state index contributed by atoms with van der Waals surface area (Å²) in [5, 5.41) is 6.16. The molecule has 0 aliphatic heterocycles. The minimum absolute atomic E-state index is 0.113. The van der Waals surface area contributed by atoms with Crippen LogP contribution in [-0.4, -0.2) is 32.8 Å². The second kappa shape index (κ2) is 8.03. The highest BCUT2D eigenvalue weighted by Crippen LogP contribution is 2.38. The van der Waals surface area contributed by atoms with Crippen molar-refractivity contribution >= 4 is 21.7 Å². The third kappa shape index (κ3) is 5.06. The molecule has 0 aromatic heterocycles. The molecule has 1 aromatic carbocycles. The first-order chi connectivity index (χ1) is 13.1. The maximum Gasteiger partial charge on any atom is 0.332 e. The second-order valence-corrected chi connectivity index (χ2v) is 11.0. The van der Waals surface area contributed by atoms with Crippen LogP contribution >= 0.6 is 0 Å². The number of fused-ring (bicyclic) bond motifs is 2. The number of hydrogen-bond donors (Lipinski definition) is 3. The normalized spacial score (nSPS) is 16.2. The Morgan fingerprint density at radius 3 is 2.18 bits per heavy atom. The molecule has 3 rings (SSSR count). The lowest BCUT2D eigenvalue weighted by molar-refractivity contribution is 0.256. The van der Waals surface area contributed by atoms with Crippen molar-refractivity contribution in [3.05, 3.63) is 28.3 Å². The molecule has 28 heavy (non-hydrogen) atoms. The zero-order chi connectivity index (χ0) is 20.5. The highest BCUT2D eigenvalue weighted by atomic mass is 32.2. The summed E-state index contributed by atoms with van der Waals surface area (Å²) in [6.07, 6.45) is 6.13. The summed E-state index contributed by atoms with van der Waals surface area (Å²) in [5.74, 6) is -0.113. The lowest BCUT2D eigenvalue weighted by atomic mass is 9.96. The Balaban J connectivity index is 1.69. The highest BCUT2D eigenvalue weighted by molar-refractivity contribution is 7.90. The number of carbonyl (C=O) groups is 1. The van der Waals surface area contributed by atoms with E-state index < -0.39 is 21.5 Å². The lowest BCUT2D eigenvalue weighted by Crippen LogP contribution is -2.44. The zero-order valence-electron chi connectivity index (χ0n) is 17.4.